The number of hydrogen-bond donors (Lipinski definition) is 1. The van der Waals surface area contributed by atoms with Crippen LogP contribution < -0.4 is 14.9 Å². The Labute approximate surface area is 247 Å². The molecule has 2 N–H and O–H groups in total. The van der Waals surface area contributed by atoms with E-state index < -0.39 is 50.5 Å². The molecule has 2 amide bonds. The van der Waals surface area contributed by atoms with Crippen molar-refractivity contribution < 1.29 is 39.6 Å². The Morgan fingerprint density at radius 1 is 0.884 bits per heavy atom. The molecule has 3 aromatic carbocycles. The van der Waals surface area contributed by atoms with Crippen LogP contribution >= 0.6 is 11.6 Å². The molecule has 0 radical (unpaired) electrons. The van der Waals surface area contributed by atoms with Gasteiger partial charge in [-0.2, -0.15) is 26.3 Å². The molecule has 0 aliphatic carbocycles. The van der Waals surface area contributed by atoms with Crippen LogP contribution in [-0.2, 0) is 22.4 Å². The van der Waals surface area contributed by atoms with E-state index in [0.29, 0.717) is 23.9 Å². The monoisotopic (exact) mass is 644 g/mol. The van der Waals surface area contributed by atoms with Gasteiger partial charge in [-0.1, -0.05) is 42.0 Å². The molecule has 15 heteroatoms. The lowest BCUT2D eigenvalue weighted by atomic mass is 10.0. The Hall–Kier alpha value is -3.91. The van der Waals surface area contributed by atoms with Crippen LogP contribution in [-0.4, -0.2) is 51.6 Å². The van der Waals surface area contributed by atoms with E-state index in [9.17, 15) is 39.6 Å². The third-order valence-electron chi connectivity index (χ3n) is 7.30. The largest absolute Gasteiger partial charge is 0.417 e. The average molecular weight is 645 g/mol. The number of nitrogens with two attached hydrogens (primary N) is 1. The zero-order valence-electron chi connectivity index (χ0n) is 22.0. The second-order valence-electron chi connectivity index (χ2n) is 9.97. The minimum Gasteiger partial charge on any atom is -0.361 e. The Kier molecular flexibility index (Phi) is 7.80. The van der Waals surface area contributed by atoms with Gasteiger partial charge in [-0.3, -0.25) is 4.31 Å². The summed E-state index contributed by atoms with van der Waals surface area (Å²) < 4.78 is 110. The van der Waals surface area contributed by atoms with Gasteiger partial charge in [0.05, 0.1) is 40.0 Å². The predicted octanol–water partition coefficient (Wildman–Crippen LogP) is 6.33. The van der Waals surface area contributed by atoms with E-state index in [4.69, 9.17) is 17.3 Å². The number of carbonyl (C=O) groups is 1. The molecule has 7 nitrogen and oxygen atoms in total. The highest BCUT2D eigenvalue weighted by atomic mass is 35.5. The van der Waals surface area contributed by atoms with Gasteiger partial charge in [0.1, 0.15) is 0 Å². The number of halogens is 7. The summed E-state index contributed by atoms with van der Waals surface area (Å²) in [5.74, 6) is 0. The SMILES string of the molecule is NC(=O)N1CCN2c3ccc(/C=C/c4c(Cl)cccc4C(F)(F)F)cc3N(S(=O)(=O)c3cccc(C(F)(F)F)c3)C[C@@H]2C1. The van der Waals surface area contributed by atoms with Crippen molar-refractivity contribution in [1.82, 2.24) is 4.90 Å². The molecule has 228 valence electrons. The van der Waals surface area contributed by atoms with Gasteiger partial charge in [0.25, 0.3) is 10.0 Å². The summed E-state index contributed by atoms with van der Waals surface area (Å²) in [6, 6.07) is 9.99. The van der Waals surface area contributed by atoms with Crippen molar-refractivity contribution in [3.8, 4) is 0 Å². The van der Waals surface area contributed by atoms with Crippen LogP contribution in [0.1, 0.15) is 22.3 Å². The molecule has 2 aliphatic heterocycles. The van der Waals surface area contributed by atoms with Gasteiger partial charge in [-0.25, -0.2) is 13.2 Å². The molecule has 1 atom stereocenters. The van der Waals surface area contributed by atoms with Crippen LogP contribution in [0, 0.1) is 0 Å². The molecular formula is C28H23ClF6N4O3S. The minimum absolute atomic E-state index is 0.0672. The smallest absolute Gasteiger partial charge is 0.361 e. The molecule has 1 saturated heterocycles. The van der Waals surface area contributed by atoms with Gasteiger partial charge >= 0.3 is 18.4 Å². The number of primary amides is 1. The normalized spacial score (nSPS) is 17.7. The van der Waals surface area contributed by atoms with Gasteiger partial charge in [0.15, 0.2) is 0 Å². The quantitative estimate of drug-likeness (QED) is 0.266. The number of amides is 2. The molecule has 2 aliphatic rings. The fourth-order valence-electron chi connectivity index (χ4n) is 5.23. The number of sulfonamides is 1. The summed E-state index contributed by atoms with van der Waals surface area (Å²) in [5, 5.41) is -0.145. The summed E-state index contributed by atoms with van der Waals surface area (Å²) in [6.07, 6.45) is -6.98. The van der Waals surface area contributed by atoms with Gasteiger partial charge in [0, 0.05) is 30.2 Å². The number of anilines is 2. The second kappa shape index (κ2) is 11.0. The van der Waals surface area contributed by atoms with Gasteiger partial charge in [-0.15, -0.1) is 0 Å². The summed E-state index contributed by atoms with van der Waals surface area (Å²) >= 11 is 6.06. The molecule has 3 aromatic rings. The lowest BCUT2D eigenvalue weighted by molar-refractivity contribution is -0.138. The van der Waals surface area contributed by atoms with Crippen molar-refractivity contribution in [2.75, 3.05) is 35.4 Å². The maximum absolute atomic E-state index is 13.9. The van der Waals surface area contributed by atoms with Crippen LogP contribution in [0.4, 0.5) is 42.5 Å². The minimum atomic E-state index is -4.79. The number of nitrogens with zero attached hydrogens (tertiary/aromatic N) is 3. The number of carbonyl (C=O) groups excluding carboxylic acids is 1. The van der Waals surface area contributed by atoms with Crippen molar-refractivity contribution in [3.63, 3.8) is 0 Å². The van der Waals surface area contributed by atoms with E-state index in [-0.39, 0.29) is 35.9 Å². The Morgan fingerprint density at radius 3 is 2.28 bits per heavy atom. The van der Waals surface area contributed by atoms with E-state index >= 15 is 0 Å². The zero-order chi connectivity index (χ0) is 31.3. The number of benzene rings is 3. The first-order chi connectivity index (χ1) is 20.1. The molecule has 1 fully saturated rings. The molecule has 2 heterocycles. The van der Waals surface area contributed by atoms with Gasteiger partial charge in [0.2, 0.25) is 0 Å². The van der Waals surface area contributed by atoms with Crippen LogP contribution in [0.25, 0.3) is 12.2 Å². The lowest BCUT2D eigenvalue weighted by Crippen LogP contribution is -2.62. The summed E-state index contributed by atoms with van der Waals surface area (Å²) in [6.45, 7) is 0.380. The molecule has 0 aromatic heterocycles. The number of urea groups is 1. The van der Waals surface area contributed by atoms with E-state index in [1.54, 1.807) is 12.1 Å². The molecular weight excluding hydrogens is 622 g/mol. The summed E-state index contributed by atoms with van der Waals surface area (Å²) in [5.41, 5.74) is 3.89. The van der Waals surface area contributed by atoms with Crippen molar-refractivity contribution in [2.45, 2.75) is 23.3 Å². The number of rotatable bonds is 4. The standard InChI is InChI=1S/C28H23ClF6N4O3S/c29-23-6-2-5-22(28(33,34)35)21(23)9-7-17-8-10-24-25(13-17)39(16-19-15-37(26(36)40)11-12-38(19)24)43(41,42)20-4-1-3-18(14-20)27(30,31)32/h1-10,13-14,19H,11-12,15-16H2,(H2,36,40)/b9-7+/t19-/m0/s1. The highest BCUT2D eigenvalue weighted by Crippen LogP contribution is 2.42. The lowest BCUT2D eigenvalue weighted by Gasteiger charge is -2.48. The first-order valence-electron chi connectivity index (χ1n) is 12.8. The van der Waals surface area contributed by atoms with Crippen LogP contribution in [0.2, 0.25) is 5.02 Å². The van der Waals surface area contributed by atoms with E-state index in [1.807, 2.05) is 4.90 Å². The first-order valence-corrected chi connectivity index (χ1v) is 14.6. The molecule has 0 unspecified atom stereocenters. The third-order valence-corrected chi connectivity index (χ3v) is 9.40. The van der Waals surface area contributed by atoms with Crippen LogP contribution in [0.3, 0.4) is 0 Å². The molecule has 0 saturated carbocycles. The second-order valence-corrected chi connectivity index (χ2v) is 12.2. The fraction of sp³-hybridized carbons (Fsp3) is 0.250. The number of fused-ring (bicyclic) bond motifs is 3. The molecule has 0 bridgehead atoms. The van der Waals surface area contributed by atoms with Gasteiger partial charge in [-0.05, 0) is 48.0 Å². The highest BCUT2D eigenvalue weighted by molar-refractivity contribution is 7.92. The maximum atomic E-state index is 13.9. The van der Waals surface area contributed by atoms with Crippen LogP contribution in [0.5, 0.6) is 0 Å². The summed E-state index contributed by atoms with van der Waals surface area (Å²) in [7, 11) is -4.59. The van der Waals surface area contributed by atoms with E-state index in [1.165, 1.54) is 29.2 Å². The number of alkyl halides is 6. The van der Waals surface area contributed by atoms with Crippen molar-refractivity contribution in [1.29, 1.82) is 0 Å². The fourth-order valence-corrected chi connectivity index (χ4v) is 7.02. The molecule has 43 heavy (non-hydrogen) atoms. The van der Waals surface area contributed by atoms with Crippen molar-refractivity contribution >= 4 is 51.2 Å². The van der Waals surface area contributed by atoms with Crippen molar-refractivity contribution in [2.24, 2.45) is 5.73 Å². The molecule has 0 spiro atoms. The third kappa shape index (κ3) is 5.98. The highest BCUT2D eigenvalue weighted by Gasteiger charge is 2.41. The molecule has 5 rings (SSSR count). The average Bonchev–Trinajstić information content (AvgIpc) is 2.94. The van der Waals surface area contributed by atoms with Crippen molar-refractivity contribution in [3.05, 3.63) is 87.9 Å². The summed E-state index contributed by atoms with van der Waals surface area (Å²) in [4.78, 5) is 14.5. The topological polar surface area (TPSA) is 87.0 Å². The predicted molar refractivity (Wildman–Crippen MR) is 150 cm³/mol. The Balaban J connectivity index is 1.61. The van der Waals surface area contributed by atoms with E-state index in [2.05, 4.69) is 0 Å². The Bertz CT molecular complexity index is 1710. The van der Waals surface area contributed by atoms with Gasteiger partial charge < -0.3 is 15.5 Å². The van der Waals surface area contributed by atoms with Crippen LogP contribution in [0.15, 0.2) is 65.6 Å². The zero-order valence-corrected chi connectivity index (χ0v) is 23.6. The Morgan fingerprint density at radius 2 is 1.60 bits per heavy atom. The first kappa shape index (κ1) is 30.5. The maximum Gasteiger partial charge on any atom is 0.417 e. The number of hydrogen-bond acceptors (Lipinski definition) is 4. The number of piperazine rings is 1. The van der Waals surface area contributed by atoms with E-state index in [0.717, 1.165) is 34.6 Å².